The molecule has 2 bridgehead atoms. The van der Waals surface area contributed by atoms with Crippen molar-refractivity contribution in [2.24, 2.45) is 0 Å². The van der Waals surface area contributed by atoms with Gasteiger partial charge >= 0.3 is 0 Å². The van der Waals surface area contributed by atoms with Crippen molar-refractivity contribution in [1.82, 2.24) is 9.21 Å². The molecule has 0 aromatic heterocycles. The van der Waals surface area contributed by atoms with E-state index in [-0.39, 0.29) is 53.5 Å². The molecule has 2 unspecified atom stereocenters. The SMILES string of the molecule is CC(=O)c1ccc(S(=O)(=O)N2C3CCC2CC(N2C(=O)CCC2=O)C3)cc1. The van der Waals surface area contributed by atoms with Crippen molar-refractivity contribution >= 4 is 27.6 Å². The van der Waals surface area contributed by atoms with Gasteiger partial charge in [0.05, 0.1) is 4.90 Å². The smallest absolute Gasteiger partial charge is 0.243 e. The highest BCUT2D eigenvalue weighted by molar-refractivity contribution is 7.89. The van der Waals surface area contributed by atoms with Gasteiger partial charge in [0.15, 0.2) is 5.78 Å². The van der Waals surface area contributed by atoms with E-state index in [1.54, 1.807) is 4.31 Å². The van der Waals surface area contributed by atoms with Gasteiger partial charge in [-0.15, -0.1) is 0 Å². The van der Waals surface area contributed by atoms with E-state index in [1.165, 1.54) is 36.1 Å². The van der Waals surface area contributed by atoms with E-state index in [9.17, 15) is 22.8 Å². The summed E-state index contributed by atoms with van der Waals surface area (Å²) in [5.41, 5.74) is 0.474. The molecule has 3 fully saturated rings. The zero-order chi connectivity index (χ0) is 19.3. The second-order valence-electron chi connectivity index (χ2n) is 7.58. The fraction of sp³-hybridized carbons (Fsp3) is 0.526. The minimum Gasteiger partial charge on any atom is -0.295 e. The van der Waals surface area contributed by atoms with Crippen molar-refractivity contribution in [3.63, 3.8) is 0 Å². The third kappa shape index (κ3) is 3.00. The molecule has 4 rings (SSSR count). The molecule has 0 aliphatic carbocycles. The summed E-state index contributed by atoms with van der Waals surface area (Å²) in [6, 6.07) is 5.42. The van der Waals surface area contributed by atoms with Gasteiger partial charge in [-0.05, 0) is 44.7 Å². The molecule has 27 heavy (non-hydrogen) atoms. The third-order valence-corrected chi connectivity index (χ3v) is 7.95. The van der Waals surface area contributed by atoms with E-state index in [2.05, 4.69) is 0 Å². The number of amides is 2. The number of nitrogens with zero attached hydrogens (tertiary/aromatic N) is 2. The Bertz CT molecular complexity index is 879. The molecule has 3 heterocycles. The monoisotopic (exact) mass is 390 g/mol. The molecule has 7 nitrogen and oxygen atoms in total. The van der Waals surface area contributed by atoms with Crippen molar-refractivity contribution in [2.45, 2.75) is 68.5 Å². The number of fused-ring (bicyclic) bond motifs is 2. The fourth-order valence-corrected chi connectivity index (χ4v) is 6.58. The average molecular weight is 390 g/mol. The lowest BCUT2D eigenvalue weighted by Gasteiger charge is -2.40. The van der Waals surface area contributed by atoms with Crippen LogP contribution >= 0.6 is 0 Å². The second kappa shape index (κ2) is 6.53. The van der Waals surface area contributed by atoms with E-state index in [0.717, 1.165) is 12.8 Å². The van der Waals surface area contributed by atoms with Gasteiger partial charge in [0.2, 0.25) is 21.8 Å². The lowest BCUT2D eigenvalue weighted by Crippen LogP contribution is -2.53. The van der Waals surface area contributed by atoms with Crippen molar-refractivity contribution in [3.05, 3.63) is 29.8 Å². The number of carbonyl (C=O) groups is 3. The van der Waals surface area contributed by atoms with Crippen LogP contribution in [0, 0.1) is 0 Å². The molecule has 3 aliphatic heterocycles. The minimum atomic E-state index is -3.68. The Kier molecular flexibility index (Phi) is 4.43. The van der Waals surface area contributed by atoms with Crippen LogP contribution in [0.1, 0.15) is 55.8 Å². The van der Waals surface area contributed by atoms with Crippen molar-refractivity contribution in [2.75, 3.05) is 0 Å². The lowest BCUT2D eigenvalue weighted by atomic mass is 9.98. The van der Waals surface area contributed by atoms with Gasteiger partial charge in [-0.2, -0.15) is 4.31 Å². The van der Waals surface area contributed by atoms with Crippen LogP contribution in [-0.4, -0.2) is 53.3 Å². The Balaban J connectivity index is 1.58. The van der Waals surface area contributed by atoms with Crippen LogP contribution in [0.3, 0.4) is 0 Å². The predicted octanol–water partition coefficient (Wildman–Crippen LogP) is 1.72. The normalized spacial score (nSPS) is 28.8. The first-order chi connectivity index (χ1) is 12.8. The molecule has 0 radical (unpaired) electrons. The molecule has 3 aliphatic rings. The summed E-state index contributed by atoms with van der Waals surface area (Å²) in [4.78, 5) is 37.1. The number of hydrogen-bond acceptors (Lipinski definition) is 5. The molecular formula is C19H22N2O5S. The molecule has 144 valence electrons. The maximum absolute atomic E-state index is 13.2. The molecule has 1 aromatic rings. The molecule has 0 N–H and O–H groups in total. The van der Waals surface area contributed by atoms with Gasteiger partial charge in [0.25, 0.3) is 0 Å². The number of rotatable bonds is 4. The standard InChI is InChI=1S/C19H22N2O5S/c1-12(22)13-2-6-17(7-3-13)27(25,26)21-14-4-5-15(21)11-16(10-14)20-18(23)8-9-19(20)24/h2-3,6-7,14-16H,4-5,8-11H2,1H3. The van der Waals surface area contributed by atoms with Gasteiger partial charge in [-0.1, -0.05) is 12.1 Å². The Morgan fingerprint density at radius 1 is 0.926 bits per heavy atom. The van der Waals surface area contributed by atoms with Crippen LogP contribution in [0.4, 0.5) is 0 Å². The number of benzene rings is 1. The summed E-state index contributed by atoms with van der Waals surface area (Å²) in [5, 5.41) is 0. The Labute approximate surface area is 158 Å². The maximum Gasteiger partial charge on any atom is 0.243 e. The van der Waals surface area contributed by atoms with E-state index in [1.807, 2.05) is 0 Å². The number of hydrogen-bond donors (Lipinski definition) is 0. The summed E-state index contributed by atoms with van der Waals surface area (Å²) < 4.78 is 27.9. The van der Waals surface area contributed by atoms with Crippen molar-refractivity contribution in [1.29, 1.82) is 0 Å². The maximum atomic E-state index is 13.2. The molecule has 2 amide bonds. The number of sulfonamides is 1. The van der Waals surface area contributed by atoms with Gasteiger partial charge in [0.1, 0.15) is 0 Å². The van der Waals surface area contributed by atoms with Gasteiger partial charge in [-0.3, -0.25) is 19.3 Å². The van der Waals surface area contributed by atoms with Gasteiger partial charge in [-0.25, -0.2) is 8.42 Å². The average Bonchev–Trinajstić information content (AvgIpc) is 3.11. The van der Waals surface area contributed by atoms with Crippen molar-refractivity contribution in [3.8, 4) is 0 Å². The molecule has 1 aromatic carbocycles. The van der Waals surface area contributed by atoms with Crippen molar-refractivity contribution < 1.29 is 22.8 Å². The van der Waals surface area contributed by atoms with E-state index in [0.29, 0.717) is 18.4 Å². The predicted molar refractivity (Wildman–Crippen MR) is 96.4 cm³/mol. The molecule has 2 atom stereocenters. The summed E-state index contributed by atoms with van der Waals surface area (Å²) in [6.07, 6.45) is 2.99. The lowest BCUT2D eigenvalue weighted by molar-refractivity contribution is -0.142. The van der Waals surface area contributed by atoms with Crippen LogP contribution in [0.5, 0.6) is 0 Å². The van der Waals surface area contributed by atoms with Crippen LogP contribution in [0.2, 0.25) is 0 Å². The van der Waals surface area contributed by atoms with Crippen LogP contribution in [0.15, 0.2) is 29.2 Å². The number of piperidine rings is 1. The first kappa shape index (κ1) is 18.3. The Morgan fingerprint density at radius 2 is 1.44 bits per heavy atom. The van der Waals surface area contributed by atoms with Gasteiger partial charge < -0.3 is 0 Å². The van der Waals surface area contributed by atoms with E-state index < -0.39 is 10.0 Å². The summed E-state index contributed by atoms with van der Waals surface area (Å²) in [6.45, 7) is 1.44. The quantitative estimate of drug-likeness (QED) is 0.577. The Hall–Kier alpha value is -2.06. The molecular weight excluding hydrogens is 368 g/mol. The fourth-order valence-electron chi connectivity index (χ4n) is 4.69. The highest BCUT2D eigenvalue weighted by Gasteiger charge is 2.50. The zero-order valence-electron chi connectivity index (χ0n) is 15.1. The number of carbonyl (C=O) groups excluding carboxylic acids is 3. The van der Waals surface area contributed by atoms with Crippen LogP contribution < -0.4 is 0 Å². The number of ketones is 1. The number of Topliss-reactive ketones (excluding diaryl/α,β-unsaturated/α-hetero) is 1. The molecule has 0 spiro atoms. The van der Waals surface area contributed by atoms with Crippen LogP contribution in [0.25, 0.3) is 0 Å². The van der Waals surface area contributed by atoms with E-state index in [4.69, 9.17) is 0 Å². The summed E-state index contributed by atoms with van der Waals surface area (Å²) >= 11 is 0. The third-order valence-electron chi connectivity index (χ3n) is 5.93. The highest BCUT2D eigenvalue weighted by Crippen LogP contribution is 2.42. The highest BCUT2D eigenvalue weighted by atomic mass is 32.2. The minimum absolute atomic E-state index is 0.111. The summed E-state index contributed by atoms with van der Waals surface area (Å²) in [5.74, 6) is -0.388. The molecule has 8 heteroatoms. The number of imide groups is 1. The second-order valence-corrected chi connectivity index (χ2v) is 9.43. The largest absolute Gasteiger partial charge is 0.295 e. The zero-order valence-corrected chi connectivity index (χ0v) is 15.9. The molecule has 3 saturated heterocycles. The number of likely N-dealkylation sites (tertiary alicyclic amines) is 1. The van der Waals surface area contributed by atoms with Gasteiger partial charge in [0, 0.05) is 36.5 Å². The molecule has 0 saturated carbocycles. The first-order valence-corrected chi connectivity index (χ1v) is 10.7. The van der Waals surface area contributed by atoms with E-state index >= 15 is 0 Å². The summed E-state index contributed by atoms with van der Waals surface area (Å²) in [7, 11) is -3.68. The topological polar surface area (TPSA) is 91.8 Å². The Morgan fingerprint density at radius 3 is 1.93 bits per heavy atom. The first-order valence-electron chi connectivity index (χ1n) is 9.28. The van der Waals surface area contributed by atoms with Crippen LogP contribution in [-0.2, 0) is 19.6 Å².